The van der Waals surface area contributed by atoms with E-state index < -0.39 is 4.92 Å². The van der Waals surface area contributed by atoms with E-state index in [1.165, 1.54) is 12.1 Å². The van der Waals surface area contributed by atoms with Crippen molar-refractivity contribution in [2.75, 3.05) is 6.54 Å². The Morgan fingerprint density at radius 3 is 2.70 bits per heavy atom. The first-order chi connectivity index (χ1) is 13.1. The van der Waals surface area contributed by atoms with Gasteiger partial charge in [-0.3, -0.25) is 14.9 Å². The quantitative estimate of drug-likeness (QED) is 0.394. The van der Waals surface area contributed by atoms with Gasteiger partial charge in [-0.1, -0.05) is 36.4 Å². The maximum atomic E-state index is 12.3. The van der Waals surface area contributed by atoms with Crippen molar-refractivity contribution in [2.45, 2.75) is 19.9 Å². The van der Waals surface area contributed by atoms with Crippen LogP contribution in [0.3, 0.4) is 0 Å². The van der Waals surface area contributed by atoms with Crippen LogP contribution in [-0.4, -0.2) is 26.9 Å². The number of carbonyl (C=O) groups is 1. The molecule has 0 saturated carbocycles. The number of nitrogens with zero attached hydrogens (tertiary/aromatic N) is 3. The summed E-state index contributed by atoms with van der Waals surface area (Å²) in [5.41, 5.74) is 1.70. The predicted octanol–water partition coefficient (Wildman–Crippen LogP) is 3.59. The van der Waals surface area contributed by atoms with E-state index >= 15 is 0 Å². The molecule has 1 amide bonds. The molecule has 7 nitrogen and oxygen atoms in total. The lowest BCUT2D eigenvalue weighted by Gasteiger charge is -2.10. The number of nitrogens with one attached hydrogen (secondary N) is 1. The standard InChI is InChI=1S/C20H20N4O3/c1-15-17(9-5-10-18(15)24(26)27)20(25)22-11-6-13-23-14-12-21-19(23)16-7-3-2-4-8-16/h2-5,7-10,12,14H,6,11,13H2,1H3,(H,22,25). The van der Waals surface area contributed by atoms with Crippen molar-refractivity contribution in [3.8, 4) is 11.4 Å². The molecule has 1 aromatic heterocycles. The number of rotatable bonds is 7. The SMILES string of the molecule is Cc1c(C(=O)NCCCn2ccnc2-c2ccccc2)cccc1[N+](=O)[O-]. The summed E-state index contributed by atoms with van der Waals surface area (Å²) in [6, 6.07) is 14.4. The van der Waals surface area contributed by atoms with Crippen LogP contribution in [0.1, 0.15) is 22.3 Å². The molecular weight excluding hydrogens is 344 g/mol. The number of amides is 1. The Morgan fingerprint density at radius 1 is 1.19 bits per heavy atom. The first-order valence-electron chi connectivity index (χ1n) is 8.66. The zero-order chi connectivity index (χ0) is 19.2. The number of carbonyl (C=O) groups excluding carboxylic acids is 1. The largest absolute Gasteiger partial charge is 0.352 e. The van der Waals surface area contributed by atoms with Gasteiger partial charge in [-0.25, -0.2) is 4.98 Å². The first kappa shape index (κ1) is 18.3. The summed E-state index contributed by atoms with van der Waals surface area (Å²) in [7, 11) is 0. The molecule has 0 unspecified atom stereocenters. The molecule has 1 heterocycles. The lowest BCUT2D eigenvalue weighted by atomic mass is 10.1. The van der Waals surface area contributed by atoms with Gasteiger partial charge in [0.05, 0.1) is 4.92 Å². The van der Waals surface area contributed by atoms with E-state index in [1.807, 2.05) is 41.1 Å². The topological polar surface area (TPSA) is 90.1 Å². The molecule has 7 heteroatoms. The molecule has 3 rings (SSSR count). The third kappa shape index (κ3) is 4.20. The molecule has 0 fully saturated rings. The van der Waals surface area contributed by atoms with Gasteiger partial charge < -0.3 is 9.88 Å². The Kier molecular flexibility index (Phi) is 5.61. The summed E-state index contributed by atoms with van der Waals surface area (Å²) in [5, 5.41) is 13.8. The predicted molar refractivity (Wildman–Crippen MR) is 102 cm³/mol. The van der Waals surface area contributed by atoms with E-state index in [9.17, 15) is 14.9 Å². The van der Waals surface area contributed by atoms with E-state index in [1.54, 1.807) is 19.2 Å². The molecular formula is C20H20N4O3. The normalized spacial score (nSPS) is 10.6. The minimum atomic E-state index is -0.476. The fraction of sp³-hybridized carbons (Fsp3) is 0.200. The van der Waals surface area contributed by atoms with E-state index in [2.05, 4.69) is 10.3 Å². The van der Waals surface area contributed by atoms with Crippen molar-refractivity contribution in [2.24, 2.45) is 0 Å². The van der Waals surface area contributed by atoms with Crippen LogP contribution in [0.4, 0.5) is 5.69 Å². The number of aryl methyl sites for hydroxylation is 1. The van der Waals surface area contributed by atoms with Crippen molar-refractivity contribution in [3.05, 3.63) is 82.2 Å². The number of nitro groups is 1. The Morgan fingerprint density at radius 2 is 1.96 bits per heavy atom. The molecule has 2 aromatic carbocycles. The molecule has 138 valence electrons. The molecule has 27 heavy (non-hydrogen) atoms. The first-order valence-corrected chi connectivity index (χ1v) is 8.66. The third-order valence-corrected chi connectivity index (χ3v) is 4.36. The summed E-state index contributed by atoms with van der Waals surface area (Å²) in [6.07, 6.45) is 4.39. The van der Waals surface area contributed by atoms with Crippen LogP contribution in [-0.2, 0) is 6.54 Å². The Balaban J connectivity index is 1.58. The van der Waals surface area contributed by atoms with Gasteiger partial charge in [0.15, 0.2) is 0 Å². The van der Waals surface area contributed by atoms with Crippen LogP contribution in [0.25, 0.3) is 11.4 Å². The van der Waals surface area contributed by atoms with Gasteiger partial charge in [0, 0.05) is 48.2 Å². The summed E-state index contributed by atoms with van der Waals surface area (Å²) < 4.78 is 2.04. The fourth-order valence-electron chi connectivity index (χ4n) is 2.95. The minimum absolute atomic E-state index is 0.0476. The average molecular weight is 364 g/mol. The minimum Gasteiger partial charge on any atom is -0.352 e. The highest BCUT2D eigenvalue weighted by Crippen LogP contribution is 2.21. The van der Waals surface area contributed by atoms with Crippen LogP contribution in [0.2, 0.25) is 0 Å². The highest BCUT2D eigenvalue weighted by Gasteiger charge is 2.17. The van der Waals surface area contributed by atoms with Crippen molar-refractivity contribution >= 4 is 11.6 Å². The smallest absolute Gasteiger partial charge is 0.273 e. The Bertz CT molecular complexity index is 951. The van der Waals surface area contributed by atoms with Gasteiger partial charge in [-0.15, -0.1) is 0 Å². The highest BCUT2D eigenvalue weighted by molar-refractivity contribution is 5.96. The lowest BCUT2D eigenvalue weighted by molar-refractivity contribution is -0.385. The molecule has 0 bridgehead atoms. The number of imidazole rings is 1. The second kappa shape index (κ2) is 8.27. The number of nitro benzene ring substituents is 1. The van der Waals surface area contributed by atoms with Gasteiger partial charge in [-0.05, 0) is 19.4 Å². The van der Waals surface area contributed by atoms with Crippen LogP contribution in [0.5, 0.6) is 0 Å². The summed E-state index contributed by atoms with van der Waals surface area (Å²) in [5.74, 6) is 0.585. The van der Waals surface area contributed by atoms with Crippen LogP contribution in [0.15, 0.2) is 60.9 Å². The maximum absolute atomic E-state index is 12.3. The second-order valence-electron chi connectivity index (χ2n) is 6.13. The van der Waals surface area contributed by atoms with Crippen molar-refractivity contribution < 1.29 is 9.72 Å². The molecule has 1 N–H and O–H groups in total. The van der Waals surface area contributed by atoms with Crippen molar-refractivity contribution in [1.29, 1.82) is 0 Å². The summed E-state index contributed by atoms with van der Waals surface area (Å²) in [6.45, 7) is 2.76. The molecule has 3 aromatic rings. The van der Waals surface area contributed by atoms with E-state index in [0.29, 0.717) is 24.2 Å². The number of aromatic nitrogens is 2. The zero-order valence-electron chi connectivity index (χ0n) is 15.0. The molecule has 0 aliphatic carbocycles. The number of benzene rings is 2. The van der Waals surface area contributed by atoms with E-state index in [0.717, 1.165) is 17.8 Å². The van der Waals surface area contributed by atoms with Crippen molar-refractivity contribution in [1.82, 2.24) is 14.9 Å². The van der Waals surface area contributed by atoms with Crippen LogP contribution >= 0.6 is 0 Å². The van der Waals surface area contributed by atoms with Gasteiger partial charge in [0.1, 0.15) is 5.82 Å². The van der Waals surface area contributed by atoms with Gasteiger partial charge >= 0.3 is 0 Å². The molecule has 0 aliphatic heterocycles. The van der Waals surface area contributed by atoms with Crippen LogP contribution in [0, 0.1) is 17.0 Å². The monoisotopic (exact) mass is 364 g/mol. The highest BCUT2D eigenvalue weighted by atomic mass is 16.6. The number of hydrogen-bond acceptors (Lipinski definition) is 4. The zero-order valence-corrected chi connectivity index (χ0v) is 15.0. The third-order valence-electron chi connectivity index (χ3n) is 4.36. The molecule has 0 atom stereocenters. The molecule has 0 saturated heterocycles. The van der Waals surface area contributed by atoms with Gasteiger partial charge in [-0.2, -0.15) is 0 Å². The van der Waals surface area contributed by atoms with E-state index in [4.69, 9.17) is 0 Å². The Labute approximate surface area is 156 Å². The van der Waals surface area contributed by atoms with Gasteiger partial charge in [0.25, 0.3) is 11.6 Å². The molecule has 0 radical (unpaired) electrons. The Hall–Kier alpha value is -3.48. The van der Waals surface area contributed by atoms with Crippen molar-refractivity contribution in [3.63, 3.8) is 0 Å². The lowest BCUT2D eigenvalue weighted by Crippen LogP contribution is -2.26. The van der Waals surface area contributed by atoms with E-state index in [-0.39, 0.29) is 11.6 Å². The second-order valence-corrected chi connectivity index (χ2v) is 6.13. The summed E-state index contributed by atoms with van der Waals surface area (Å²) in [4.78, 5) is 27.3. The summed E-state index contributed by atoms with van der Waals surface area (Å²) >= 11 is 0. The average Bonchev–Trinajstić information content (AvgIpc) is 3.14. The molecule has 0 aliphatic rings. The van der Waals surface area contributed by atoms with Crippen LogP contribution < -0.4 is 5.32 Å². The van der Waals surface area contributed by atoms with Gasteiger partial charge in [0.2, 0.25) is 0 Å². The molecule has 0 spiro atoms. The fourth-order valence-corrected chi connectivity index (χ4v) is 2.95. The maximum Gasteiger partial charge on any atom is 0.273 e. The number of hydrogen-bond donors (Lipinski definition) is 1.